The van der Waals surface area contributed by atoms with Crippen LogP contribution in [0.1, 0.15) is 30.8 Å². The molecule has 10 nitrogen and oxygen atoms in total. The highest BCUT2D eigenvalue weighted by atomic mass is 32.1. The number of esters is 1. The average molecular weight is 598 g/mol. The van der Waals surface area contributed by atoms with Gasteiger partial charge in [0.05, 0.1) is 6.04 Å². The van der Waals surface area contributed by atoms with Crippen LogP contribution in [0.15, 0.2) is 42.5 Å². The number of likely N-dealkylation sites (N-methyl/N-ethyl adjacent to an activating group) is 1. The minimum absolute atomic E-state index is 0.148. The van der Waals surface area contributed by atoms with E-state index in [2.05, 4.69) is 20.4 Å². The topological polar surface area (TPSA) is 137 Å². The summed E-state index contributed by atoms with van der Waals surface area (Å²) in [6.07, 6.45) is -7.44. The Morgan fingerprint density at radius 3 is 2.23 bits per heavy atom. The maximum Gasteiger partial charge on any atom is 0.491 e. The molecule has 3 N–H and O–H groups in total. The second kappa shape index (κ2) is 13.2. The van der Waals surface area contributed by atoms with Crippen molar-refractivity contribution in [3.63, 3.8) is 0 Å². The number of halogens is 6. The molecule has 0 aliphatic rings. The molecule has 2 rings (SSSR count). The predicted molar refractivity (Wildman–Crippen MR) is 129 cm³/mol. The molecule has 1 heterocycles. The van der Waals surface area contributed by atoms with E-state index in [9.17, 15) is 40.7 Å². The van der Waals surface area contributed by atoms with E-state index in [0.717, 1.165) is 16.5 Å². The Bertz CT molecular complexity index is 1200. The normalized spacial score (nSPS) is 14.6. The van der Waals surface area contributed by atoms with Gasteiger partial charge in [-0.05, 0) is 18.4 Å². The van der Waals surface area contributed by atoms with Crippen LogP contribution >= 0.6 is 11.3 Å². The summed E-state index contributed by atoms with van der Waals surface area (Å²) in [5.74, 6) is -6.19. The van der Waals surface area contributed by atoms with Gasteiger partial charge in [0.1, 0.15) is 0 Å². The number of nitrogens with two attached hydrogens (primary N) is 1. The third kappa shape index (κ3) is 8.99. The molecule has 2 atom stereocenters. The smallest absolute Gasteiger partial charge is 0.425 e. The first kappa shape index (κ1) is 32.6. The van der Waals surface area contributed by atoms with Gasteiger partial charge < -0.3 is 9.57 Å². The number of nitrogens with one attached hydrogen (secondary N) is 1. The third-order valence-electron chi connectivity index (χ3n) is 5.31. The van der Waals surface area contributed by atoms with Gasteiger partial charge in [0.15, 0.2) is 0 Å². The van der Waals surface area contributed by atoms with Crippen LogP contribution < -0.4 is 16.1 Å². The number of hydrogen-bond donors (Lipinski definition) is 2. The maximum absolute atomic E-state index is 12.8. The van der Waals surface area contributed by atoms with Crippen LogP contribution in [0.25, 0.3) is 0 Å². The van der Waals surface area contributed by atoms with Crippen LogP contribution in [-0.2, 0) is 36.6 Å². The highest BCUT2D eigenvalue weighted by Gasteiger charge is 2.51. The van der Waals surface area contributed by atoms with Crippen LogP contribution in [0.4, 0.5) is 31.5 Å². The van der Waals surface area contributed by atoms with Crippen LogP contribution in [0.2, 0.25) is 0 Å². The second-order valence-corrected chi connectivity index (χ2v) is 9.57. The van der Waals surface area contributed by atoms with Crippen molar-refractivity contribution < 1.29 is 50.3 Å². The lowest BCUT2D eigenvalue weighted by molar-refractivity contribution is -0.225. The number of hydroxylamine groups is 1. The fraction of sp³-hybridized carbons (Fsp3) is 0.435. The molecule has 220 valence electrons. The fourth-order valence-corrected chi connectivity index (χ4v) is 3.53. The number of benzene rings is 1. The fourth-order valence-electron chi connectivity index (χ4n) is 2.85. The Morgan fingerprint density at radius 1 is 1.07 bits per heavy atom. The van der Waals surface area contributed by atoms with E-state index in [1.165, 1.54) is 27.0 Å². The molecule has 0 unspecified atom stereocenters. The zero-order valence-corrected chi connectivity index (χ0v) is 22.1. The Kier molecular flexibility index (Phi) is 10.8. The minimum atomic E-state index is -5.42. The maximum atomic E-state index is 12.8. The number of amides is 1. The van der Waals surface area contributed by atoms with Crippen molar-refractivity contribution in [2.45, 2.75) is 50.8 Å². The summed E-state index contributed by atoms with van der Waals surface area (Å²) in [5, 5.41) is 4.78. The number of rotatable bonds is 11. The van der Waals surface area contributed by atoms with E-state index in [1.54, 1.807) is 30.3 Å². The van der Waals surface area contributed by atoms with Crippen molar-refractivity contribution in [1.29, 1.82) is 0 Å². The van der Waals surface area contributed by atoms with Crippen LogP contribution in [0, 0.1) is 5.92 Å². The summed E-state index contributed by atoms with van der Waals surface area (Å²) < 4.78 is 80.7. The minimum Gasteiger partial charge on any atom is -0.425 e. The molecule has 1 aromatic heterocycles. The molecule has 0 aliphatic heterocycles. The number of anilines is 1. The molecular formula is C23H25F6N5O5S. The Hall–Kier alpha value is -3.57. The standard InChI is InChI=1S/C23H25F6N5O5S/c1-13(2)21(30,38-19(37)23(27,28)29)18(36)39-33-15(10-9-14-7-5-4-6-8-14)11-12-16(35)34(3)20-32-31-17(40-20)22(24,25)26/h4-8,11-13,15,33H,9-10,30H2,1-3H3/b12-11+/t15-,21-/m0/s1. The largest absolute Gasteiger partial charge is 0.491 e. The first-order valence-electron chi connectivity index (χ1n) is 11.4. The van der Waals surface area contributed by atoms with Crippen molar-refractivity contribution >= 4 is 34.3 Å². The average Bonchev–Trinajstić information content (AvgIpc) is 3.38. The third-order valence-corrected chi connectivity index (χ3v) is 6.35. The van der Waals surface area contributed by atoms with Gasteiger partial charge >= 0.3 is 24.3 Å². The predicted octanol–water partition coefficient (Wildman–Crippen LogP) is 3.54. The van der Waals surface area contributed by atoms with Gasteiger partial charge in [0.25, 0.3) is 11.6 Å². The highest BCUT2D eigenvalue weighted by Crippen LogP contribution is 2.34. The first-order valence-corrected chi connectivity index (χ1v) is 12.2. The molecule has 0 saturated heterocycles. The SMILES string of the molecule is CC(C)[C@](N)(OC(=O)C(F)(F)F)C(=O)ON[C@H](/C=C/C(=O)N(C)c1nnc(C(F)(F)F)s1)CCc1ccccc1. The number of hydrogen-bond acceptors (Lipinski definition) is 10. The number of aromatic nitrogens is 2. The molecule has 2 aromatic rings. The van der Waals surface area contributed by atoms with Crippen molar-refractivity contribution in [3.8, 4) is 0 Å². The number of alkyl halides is 6. The monoisotopic (exact) mass is 597 g/mol. The van der Waals surface area contributed by atoms with Crippen LogP contribution in [-0.4, -0.2) is 53.0 Å². The van der Waals surface area contributed by atoms with Crippen molar-refractivity contribution in [2.24, 2.45) is 11.7 Å². The zero-order chi connectivity index (χ0) is 30.3. The number of aryl methyl sites for hydroxylation is 1. The lowest BCUT2D eigenvalue weighted by Gasteiger charge is -2.30. The lowest BCUT2D eigenvalue weighted by Crippen LogP contribution is -2.59. The van der Waals surface area contributed by atoms with Gasteiger partial charge in [-0.2, -0.15) is 26.3 Å². The van der Waals surface area contributed by atoms with E-state index in [4.69, 9.17) is 10.6 Å². The number of nitrogens with zero attached hydrogens (tertiary/aromatic N) is 3. The second-order valence-electron chi connectivity index (χ2n) is 8.62. The molecule has 0 bridgehead atoms. The van der Waals surface area contributed by atoms with Crippen molar-refractivity contribution in [1.82, 2.24) is 15.7 Å². The van der Waals surface area contributed by atoms with Gasteiger partial charge in [-0.25, -0.2) is 9.59 Å². The number of ether oxygens (including phenoxy) is 1. The number of carbonyl (C=O) groups excluding carboxylic acids is 3. The Labute approximate surface area is 228 Å². The van der Waals surface area contributed by atoms with Gasteiger partial charge in [-0.1, -0.05) is 61.6 Å². The molecule has 40 heavy (non-hydrogen) atoms. The van der Waals surface area contributed by atoms with Crippen molar-refractivity contribution in [2.75, 3.05) is 11.9 Å². The molecular weight excluding hydrogens is 572 g/mol. The van der Waals surface area contributed by atoms with E-state index in [1.807, 2.05) is 0 Å². The Balaban J connectivity index is 2.18. The molecule has 0 aliphatic carbocycles. The van der Waals surface area contributed by atoms with E-state index >= 15 is 0 Å². The van der Waals surface area contributed by atoms with Gasteiger partial charge in [-0.15, -0.1) is 15.7 Å². The molecule has 0 fully saturated rings. The summed E-state index contributed by atoms with van der Waals surface area (Å²) in [6.45, 7) is 2.45. The van der Waals surface area contributed by atoms with Crippen LogP contribution in [0.3, 0.4) is 0 Å². The lowest BCUT2D eigenvalue weighted by atomic mass is 10.0. The summed E-state index contributed by atoms with van der Waals surface area (Å²) >= 11 is 0.148. The van der Waals surface area contributed by atoms with Crippen molar-refractivity contribution in [3.05, 3.63) is 53.1 Å². The summed E-state index contributed by atoms with van der Waals surface area (Å²) in [7, 11) is 1.17. The highest BCUT2D eigenvalue weighted by molar-refractivity contribution is 7.15. The summed E-state index contributed by atoms with van der Waals surface area (Å²) in [4.78, 5) is 42.2. The summed E-state index contributed by atoms with van der Waals surface area (Å²) in [6, 6.07) is 7.95. The molecule has 0 spiro atoms. The van der Waals surface area contributed by atoms with E-state index in [-0.39, 0.29) is 22.9 Å². The quantitative estimate of drug-likeness (QED) is 0.131. The first-order chi connectivity index (χ1) is 18.4. The molecule has 0 radical (unpaired) electrons. The van der Waals surface area contributed by atoms with Gasteiger partial charge in [0.2, 0.25) is 10.1 Å². The molecule has 0 saturated carbocycles. The zero-order valence-electron chi connectivity index (χ0n) is 21.2. The molecule has 17 heteroatoms. The number of carbonyl (C=O) groups is 3. The molecule has 1 amide bonds. The Morgan fingerprint density at radius 2 is 1.70 bits per heavy atom. The van der Waals surface area contributed by atoms with Gasteiger partial charge in [-0.3, -0.25) is 15.4 Å². The van der Waals surface area contributed by atoms with E-state index < -0.39 is 52.9 Å². The van der Waals surface area contributed by atoms with Gasteiger partial charge in [0, 0.05) is 19.0 Å². The summed E-state index contributed by atoms with van der Waals surface area (Å²) in [5.41, 5.74) is 5.99. The molecule has 1 aromatic carbocycles. The van der Waals surface area contributed by atoms with Crippen LogP contribution in [0.5, 0.6) is 0 Å². The van der Waals surface area contributed by atoms with E-state index in [0.29, 0.717) is 6.42 Å².